The van der Waals surface area contributed by atoms with Crippen LogP contribution in [0.25, 0.3) is 0 Å². The molecule has 8 heteroatoms. The van der Waals surface area contributed by atoms with Crippen LogP contribution in [0.5, 0.6) is 0 Å². The highest BCUT2D eigenvalue weighted by Crippen LogP contribution is 2.03. The minimum atomic E-state index is -1.18. The van der Waals surface area contributed by atoms with E-state index < -0.39 is 24.0 Å². The van der Waals surface area contributed by atoms with E-state index in [9.17, 15) is 14.4 Å². The predicted octanol–water partition coefficient (Wildman–Crippen LogP) is -0.565. The number of carbonyl (C=O) groups excluding carboxylic acids is 2. The van der Waals surface area contributed by atoms with Gasteiger partial charge in [-0.2, -0.15) is 0 Å². The van der Waals surface area contributed by atoms with E-state index in [1.807, 2.05) is 0 Å². The second kappa shape index (κ2) is 7.57. The fraction of sp³-hybridized carbons (Fsp3) is 0.727. The number of morpholine rings is 1. The quantitative estimate of drug-likeness (QED) is 0.651. The first kappa shape index (κ1) is 15.2. The van der Waals surface area contributed by atoms with Gasteiger partial charge in [-0.05, 0) is 6.42 Å². The van der Waals surface area contributed by atoms with Crippen molar-refractivity contribution in [1.82, 2.24) is 10.2 Å². The number of rotatable bonds is 5. The van der Waals surface area contributed by atoms with Gasteiger partial charge in [0.15, 0.2) is 0 Å². The van der Waals surface area contributed by atoms with Crippen LogP contribution in [0.4, 0.5) is 4.79 Å². The lowest BCUT2D eigenvalue weighted by molar-refractivity contribution is -0.142. The van der Waals surface area contributed by atoms with Gasteiger partial charge in [0.2, 0.25) is 0 Å². The van der Waals surface area contributed by atoms with Gasteiger partial charge in [-0.25, -0.2) is 9.59 Å². The van der Waals surface area contributed by atoms with Gasteiger partial charge in [-0.3, -0.25) is 4.79 Å². The highest BCUT2D eigenvalue weighted by Gasteiger charge is 2.24. The van der Waals surface area contributed by atoms with Crippen LogP contribution in [0.3, 0.4) is 0 Å². The average Bonchev–Trinajstić information content (AvgIpc) is 2.43. The second-order valence-corrected chi connectivity index (χ2v) is 4.05. The van der Waals surface area contributed by atoms with Crippen molar-refractivity contribution in [2.24, 2.45) is 0 Å². The van der Waals surface area contributed by atoms with Gasteiger partial charge in [0.05, 0.1) is 20.3 Å². The number of urea groups is 1. The molecule has 0 aliphatic carbocycles. The maximum atomic E-state index is 11.8. The lowest BCUT2D eigenvalue weighted by atomic mass is 10.1. The fourth-order valence-corrected chi connectivity index (χ4v) is 1.63. The van der Waals surface area contributed by atoms with Crippen LogP contribution in [-0.2, 0) is 19.1 Å². The van der Waals surface area contributed by atoms with E-state index in [2.05, 4.69) is 10.1 Å². The van der Waals surface area contributed by atoms with Crippen molar-refractivity contribution >= 4 is 18.0 Å². The van der Waals surface area contributed by atoms with E-state index in [0.717, 1.165) is 0 Å². The molecular formula is C11H18N2O6. The van der Waals surface area contributed by atoms with Crippen LogP contribution in [0.15, 0.2) is 0 Å². The van der Waals surface area contributed by atoms with Crippen LogP contribution in [0.1, 0.15) is 12.8 Å². The van der Waals surface area contributed by atoms with Gasteiger partial charge >= 0.3 is 18.0 Å². The number of esters is 1. The first-order valence-electron chi connectivity index (χ1n) is 5.97. The maximum Gasteiger partial charge on any atom is 0.326 e. The molecule has 0 aromatic carbocycles. The zero-order valence-electron chi connectivity index (χ0n) is 10.8. The molecule has 1 fully saturated rings. The number of hydrogen-bond donors (Lipinski definition) is 2. The largest absolute Gasteiger partial charge is 0.480 e. The molecule has 19 heavy (non-hydrogen) atoms. The fourth-order valence-electron chi connectivity index (χ4n) is 1.63. The van der Waals surface area contributed by atoms with Gasteiger partial charge in [0, 0.05) is 19.5 Å². The molecule has 1 atom stereocenters. The van der Waals surface area contributed by atoms with Crippen LogP contribution >= 0.6 is 0 Å². The summed E-state index contributed by atoms with van der Waals surface area (Å²) in [4.78, 5) is 35.3. The summed E-state index contributed by atoms with van der Waals surface area (Å²) in [6.07, 6.45) is -0.0606. The average molecular weight is 274 g/mol. The van der Waals surface area contributed by atoms with Crippen molar-refractivity contribution in [2.75, 3.05) is 33.4 Å². The monoisotopic (exact) mass is 274 g/mol. The number of nitrogens with zero attached hydrogens (tertiary/aromatic N) is 1. The van der Waals surface area contributed by atoms with Gasteiger partial charge < -0.3 is 24.8 Å². The summed E-state index contributed by atoms with van der Waals surface area (Å²) in [5, 5.41) is 11.4. The minimum Gasteiger partial charge on any atom is -0.480 e. The summed E-state index contributed by atoms with van der Waals surface area (Å²) in [6, 6.07) is -1.56. The Labute approximate surface area is 110 Å². The SMILES string of the molecule is COC(=O)CC[C@@H](NC(=O)N1CCOCC1)C(=O)O. The van der Waals surface area contributed by atoms with Gasteiger partial charge in [0.1, 0.15) is 6.04 Å². The molecule has 1 heterocycles. The summed E-state index contributed by atoms with van der Waals surface area (Å²) >= 11 is 0. The molecule has 2 amide bonds. The highest BCUT2D eigenvalue weighted by atomic mass is 16.5. The van der Waals surface area contributed by atoms with Crippen molar-refractivity contribution in [3.63, 3.8) is 0 Å². The van der Waals surface area contributed by atoms with Crippen LogP contribution in [-0.4, -0.2) is 67.4 Å². The highest BCUT2D eigenvalue weighted by molar-refractivity contribution is 5.83. The molecule has 8 nitrogen and oxygen atoms in total. The Hall–Kier alpha value is -1.83. The molecule has 1 aliphatic rings. The Bertz CT molecular complexity index is 340. The van der Waals surface area contributed by atoms with E-state index in [1.54, 1.807) is 0 Å². The Morgan fingerprint density at radius 1 is 1.37 bits per heavy atom. The van der Waals surface area contributed by atoms with Crippen LogP contribution < -0.4 is 5.32 Å². The first-order valence-corrected chi connectivity index (χ1v) is 5.97. The maximum absolute atomic E-state index is 11.8. The van der Waals surface area contributed by atoms with E-state index in [-0.39, 0.29) is 12.8 Å². The summed E-state index contributed by atoms with van der Waals surface area (Å²) < 4.78 is 9.53. The molecule has 1 aliphatic heterocycles. The Balaban J connectivity index is 2.45. The van der Waals surface area contributed by atoms with Crippen molar-refractivity contribution in [2.45, 2.75) is 18.9 Å². The third-order valence-electron chi connectivity index (χ3n) is 2.76. The molecular weight excluding hydrogens is 256 g/mol. The number of carboxylic acid groups (broad SMARTS) is 1. The van der Waals surface area contributed by atoms with Crippen LogP contribution in [0.2, 0.25) is 0 Å². The van der Waals surface area contributed by atoms with Crippen molar-refractivity contribution < 1.29 is 29.0 Å². The normalized spacial score (nSPS) is 16.6. The standard InChI is InChI=1S/C11H18N2O6/c1-18-9(14)3-2-8(10(15)16)12-11(17)13-4-6-19-7-5-13/h8H,2-7H2,1H3,(H,12,17)(H,15,16)/t8-/m1/s1. The number of hydrogen-bond acceptors (Lipinski definition) is 5. The number of amides is 2. The predicted molar refractivity (Wildman–Crippen MR) is 63.6 cm³/mol. The number of nitrogens with one attached hydrogen (secondary N) is 1. The van der Waals surface area contributed by atoms with Gasteiger partial charge in [0.25, 0.3) is 0 Å². The Morgan fingerprint density at radius 3 is 2.53 bits per heavy atom. The summed E-state index contributed by atoms with van der Waals surface area (Å²) in [5.74, 6) is -1.68. The molecule has 2 N–H and O–H groups in total. The second-order valence-electron chi connectivity index (χ2n) is 4.05. The summed E-state index contributed by atoms with van der Waals surface area (Å²) in [6.45, 7) is 1.73. The number of ether oxygens (including phenoxy) is 2. The van der Waals surface area contributed by atoms with Gasteiger partial charge in [-0.1, -0.05) is 0 Å². The first-order chi connectivity index (χ1) is 9.04. The lowest BCUT2D eigenvalue weighted by Crippen LogP contribution is -2.51. The molecule has 0 spiro atoms. The zero-order chi connectivity index (χ0) is 14.3. The third kappa shape index (κ3) is 5.12. The summed E-state index contributed by atoms with van der Waals surface area (Å²) in [5.41, 5.74) is 0. The zero-order valence-corrected chi connectivity index (χ0v) is 10.8. The number of carboxylic acids is 1. The van der Waals surface area contributed by atoms with E-state index in [0.29, 0.717) is 26.3 Å². The molecule has 1 saturated heterocycles. The Kier molecular flexibility index (Phi) is 6.07. The lowest BCUT2D eigenvalue weighted by Gasteiger charge is -2.28. The molecule has 108 valence electrons. The topological polar surface area (TPSA) is 105 Å². The molecule has 0 aromatic rings. The molecule has 0 aromatic heterocycles. The van der Waals surface area contributed by atoms with Crippen molar-refractivity contribution in [3.8, 4) is 0 Å². The number of carbonyl (C=O) groups is 3. The molecule has 1 rings (SSSR count). The van der Waals surface area contributed by atoms with Crippen molar-refractivity contribution in [1.29, 1.82) is 0 Å². The van der Waals surface area contributed by atoms with E-state index in [4.69, 9.17) is 9.84 Å². The third-order valence-corrected chi connectivity index (χ3v) is 2.76. The minimum absolute atomic E-state index is 0.00190. The van der Waals surface area contributed by atoms with Crippen molar-refractivity contribution in [3.05, 3.63) is 0 Å². The molecule has 0 radical (unpaired) electrons. The molecule has 0 saturated carbocycles. The van der Waals surface area contributed by atoms with Crippen LogP contribution in [0, 0.1) is 0 Å². The molecule has 0 bridgehead atoms. The molecule has 0 unspecified atom stereocenters. The smallest absolute Gasteiger partial charge is 0.326 e. The summed E-state index contributed by atoms with van der Waals surface area (Å²) in [7, 11) is 1.23. The van der Waals surface area contributed by atoms with Gasteiger partial charge in [-0.15, -0.1) is 0 Å². The van der Waals surface area contributed by atoms with E-state index in [1.165, 1.54) is 12.0 Å². The van der Waals surface area contributed by atoms with E-state index >= 15 is 0 Å². The number of aliphatic carboxylic acids is 1. The number of methoxy groups -OCH3 is 1. The Morgan fingerprint density at radius 2 is 2.00 bits per heavy atom.